The summed E-state index contributed by atoms with van der Waals surface area (Å²) in [5.41, 5.74) is -2.01. The Labute approximate surface area is 194 Å². The lowest BCUT2D eigenvalue weighted by molar-refractivity contribution is -0.141. The van der Waals surface area contributed by atoms with Crippen molar-refractivity contribution in [3.63, 3.8) is 0 Å². The smallest absolute Gasteiger partial charge is 0.436 e. The standard InChI is InChI=1S/C22H18F5N3O5/c1-11(12-6-8-13(9-7-12)20(32)33)28-18(31)16-17(22(25,26)27)29-30(2)19(16)34-14-4-3-5-15(10-14)35-21(23)24/h3-11,21H,1-2H3,(H,28,31)(H,32,33)/t11-/m0/s1. The topological polar surface area (TPSA) is 103 Å². The molecular weight excluding hydrogens is 481 g/mol. The average molecular weight is 499 g/mol. The lowest BCUT2D eigenvalue weighted by Crippen LogP contribution is -2.28. The van der Waals surface area contributed by atoms with Crippen LogP contribution in [-0.2, 0) is 13.2 Å². The van der Waals surface area contributed by atoms with Gasteiger partial charge in [-0.05, 0) is 36.8 Å². The largest absolute Gasteiger partial charge is 0.478 e. The second-order valence-corrected chi connectivity index (χ2v) is 7.23. The molecule has 0 saturated heterocycles. The predicted molar refractivity (Wildman–Crippen MR) is 111 cm³/mol. The molecule has 186 valence electrons. The van der Waals surface area contributed by atoms with E-state index < -0.39 is 47.8 Å². The van der Waals surface area contributed by atoms with Crippen molar-refractivity contribution >= 4 is 11.9 Å². The maximum absolute atomic E-state index is 13.7. The van der Waals surface area contributed by atoms with Crippen LogP contribution in [0.2, 0.25) is 0 Å². The van der Waals surface area contributed by atoms with Crippen LogP contribution in [0.1, 0.15) is 44.9 Å². The molecule has 0 fully saturated rings. The van der Waals surface area contributed by atoms with Crippen molar-refractivity contribution in [2.24, 2.45) is 7.05 Å². The number of benzene rings is 2. The number of nitrogens with zero attached hydrogens (tertiary/aromatic N) is 2. The Morgan fingerprint density at radius 3 is 2.29 bits per heavy atom. The number of aromatic carboxylic acids is 1. The summed E-state index contributed by atoms with van der Waals surface area (Å²) < 4.78 is 76.3. The average Bonchev–Trinajstić information content (AvgIpc) is 3.10. The van der Waals surface area contributed by atoms with Crippen molar-refractivity contribution in [1.29, 1.82) is 0 Å². The number of carboxylic acids is 1. The zero-order chi connectivity index (χ0) is 25.9. The van der Waals surface area contributed by atoms with Crippen LogP contribution in [0.15, 0.2) is 48.5 Å². The molecule has 0 saturated carbocycles. The van der Waals surface area contributed by atoms with E-state index in [1.807, 2.05) is 0 Å². The third kappa shape index (κ3) is 6.05. The number of alkyl halides is 5. The van der Waals surface area contributed by atoms with Crippen LogP contribution in [0.5, 0.6) is 17.4 Å². The Kier molecular flexibility index (Phi) is 7.27. The van der Waals surface area contributed by atoms with Crippen LogP contribution in [-0.4, -0.2) is 33.4 Å². The number of aromatic nitrogens is 2. The molecule has 3 aromatic rings. The molecule has 1 atom stereocenters. The van der Waals surface area contributed by atoms with Crippen molar-refractivity contribution < 1.29 is 46.1 Å². The SMILES string of the molecule is C[C@H](NC(=O)c1c(C(F)(F)F)nn(C)c1Oc1cccc(OC(F)F)c1)c1ccc(C(=O)O)cc1. The summed E-state index contributed by atoms with van der Waals surface area (Å²) in [5.74, 6) is -3.40. The molecule has 0 aliphatic heterocycles. The molecule has 0 spiro atoms. The first-order chi connectivity index (χ1) is 16.4. The summed E-state index contributed by atoms with van der Waals surface area (Å²) in [6, 6.07) is 9.33. The van der Waals surface area contributed by atoms with Gasteiger partial charge in [0, 0.05) is 13.1 Å². The van der Waals surface area contributed by atoms with Gasteiger partial charge in [0.05, 0.1) is 11.6 Å². The molecule has 35 heavy (non-hydrogen) atoms. The number of ether oxygens (including phenoxy) is 2. The minimum absolute atomic E-state index is 0.00682. The molecule has 8 nitrogen and oxygen atoms in total. The zero-order valence-corrected chi connectivity index (χ0v) is 18.1. The van der Waals surface area contributed by atoms with Gasteiger partial charge in [0.1, 0.15) is 17.1 Å². The number of hydrogen-bond donors (Lipinski definition) is 2. The molecule has 0 unspecified atom stereocenters. The van der Waals surface area contributed by atoms with E-state index in [0.29, 0.717) is 10.2 Å². The molecule has 0 bridgehead atoms. The maximum atomic E-state index is 13.7. The fraction of sp³-hybridized carbons (Fsp3) is 0.227. The molecule has 3 rings (SSSR count). The van der Waals surface area contributed by atoms with Crippen LogP contribution in [0.3, 0.4) is 0 Å². The van der Waals surface area contributed by atoms with Crippen molar-refractivity contribution in [2.45, 2.75) is 25.8 Å². The van der Waals surface area contributed by atoms with Crippen LogP contribution >= 0.6 is 0 Å². The number of carbonyl (C=O) groups excluding carboxylic acids is 1. The highest BCUT2D eigenvalue weighted by Crippen LogP contribution is 2.38. The van der Waals surface area contributed by atoms with Gasteiger partial charge in [0.25, 0.3) is 5.91 Å². The van der Waals surface area contributed by atoms with Gasteiger partial charge in [-0.25, -0.2) is 9.48 Å². The third-order valence-corrected chi connectivity index (χ3v) is 4.74. The number of halogens is 5. The number of rotatable bonds is 8. The molecule has 13 heteroatoms. The van der Waals surface area contributed by atoms with Gasteiger partial charge in [-0.15, -0.1) is 0 Å². The number of aryl methyl sites for hydroxylation is 1. The molecule has 1 amide bonds. The van der Waals surface area contributed by atoms with E-state index in [0.717, 1.165) is 13.1 Å². The highest BCUT2D eigenvalue weighted by Gasteiger charge is 2.42. The summed E-state index contributed by atoms with van der Waals surface area (Å²) in [6.45, 7) is -1.64. The molecular formula is C22H18F5N3O5. The highest BCUT2D eigenvalue weighted by molar-refractivity contribution is 5.98. The Balaban J connectivity index is 1.94. The minimum Gasteiger partial charge on any atom is -0.478 e. The van der Waals surface area contributed by atoms with Gasteiger partial charge >= 0.3 is 18.8 Å². The normalized spacial score (nSPS) is 12.3. The van der Waals surface area contributed by atoms with E-state index in [2.05, 4.69) is 15.2 Å². The number of nitrogens with one attached hydrogen (secondary N) is 1. The first-order valence-electron chi connectivity index (χ1n) is 9.88. The molecule has 1 heterocycles. The van der Waals surface area contributed by atoms with Gasteiger partial charge in [0.2, 0.25) is 5.88 Å². The summed E-state index contributed by atoms with van der Waals surface area (Å²) in [6.07, 6.45) is -5.01. The highest BCUT2D eigenvalue weighted by atomic mass is 19.4. The summed E-state index contributed by atoms with van der Waals surface area (Å²) in [4.78, 5) is 23.9. The monoisotopic (exact) mass is 499 g/mol. The van der Waals surface area contributed by atoms with Crippen LogP contribution in [0.25, 0.3) is 0 Å². The van der Waals surface area contributed by atoms with Gasteiger partial charge in [0.15, 0.2) is 5.69 Å². The van der Waals surface area contributed by atoms with E-state index in [1.54, 1.807) is 0 Å². The Bertz CT molecular complexity index is 1230. The van der Waals surface area contributed by atoms with Gasteiger partial charge < -0.3 is 19.9 Å². The summed E-state index contributed by atoms with van der Waals surface area (Å²) in [7, 11) is 1.12. The molecule has 1 aromatic heterocycles. The second-order valence-electron chi connectivity index (χ2n) is 7.23. The lowest BCUT2D eigenvalue weighted by atomic mass is 10.1. The Morgan fingerprint density at radius 2 is 1.71 bits per heavy atom. The Hall–Kier alpha value is -4.16. The second kappa shape index (κ2) is 9.99. The van der Waals surface area contributed by atoms with Crippen molar-refractivity contribution in [3.8, 4) is 17.4 Å². The molecule has 0 aliphatic rings. The molecule has 0 radical (unpaired) electrons. The number of hydrogen-bond acceptors (Lipinski definition) is 5. The molecule has 2 N–H and O–H groups in total. The first kappa shape index (κ1) is 25.5. The first-order valence-corrected chi connectivity index (χ1v) is 9.88. The van der Waals surface area contributed by atoms with E-state index in [4.69, 9.17) is 9.84 Å². The van der Waals surface area contributed by atoms with Crippen LogP contribution in [0, 0.1) is 0 Å². The van der Waals surface area contributed by atoms with Gasteiger partial charge in [-0.2, -0.15) is 27.1 Å². The van der Waals surface area contributed by atoms with Crippen molar-refractivity contribution in [3.05, 3.63) is 70.9 Å². The molecule has 0 aliphatic carbocycles. The number of carboxylic acid groups (broad SMARTS) is 1. The van der Waals surface area contributed by atoms with Gasteiger partial charge in [-0.3, -0.25) is 4.79 Å². The van der Waals surface area contributed by atoms with E-state index in [9.17, 15) is 31.5 Å². The summed E-state index contributed by atoms with van der Waals surface area (Å²) >= 11 is 0. The van der Waals surface area contributed by atoms with E-state index >= 15 is 0 Å². The summed E-state index contributed by atoms with van der Waals surface area (Å²) in [5, 5.41) is 14.8. The Morgan fingerprint density at radius 1 is 1.09 bits per heavy atom. The van der Waals surface area contributed by atoms with Gasteiger partial charge in [-0.1, -0.05) is 18.2 Å². The van der Waals surface area contributed by atoms with E-state index in [-0.39, 0.29) is 17.1 Å². The fourth-order valence-corrected chi connectivity index (χ4v) is 3.12. The van der Waals surface area contributed by atoms with Crippen molar-refractivity contribution in [1.82, 2.24) is 15.1 Å². The third-order valence-electron chi connectivity index (χ3n) is 4.74. The minimum atomic E-state index is -5.01. The predicted octanol–water partition coefficient (Wildman–Crippen LogP) is 5.02. The maximum Gasteiger partial charge on any atom is 0.436 e. The lowest BCUT2D eigenvalue weighted by Gasteiger charge is -2.16. The van der Waals surface area contributed by atoms with Crippen LogP contribution in [0.4, 0.5) is 22.0 Å². The quantitative estimate of drug-likeness (QED) is 0.422. The fourth-order valence-electron chi connectivity index (χ4n) is 3.12. The van der Waals surface area contributed by atoms with Crippen LogP contribution < -0.4 is 14.8 Å². The zero-order valence-electron chi connectivity index (χ0n) is 18.1. The van der Waals surface area contributed by atoms with Crippen molar-refractivity contribution in [2.75, 3.05) is 0 Å². The number of carbonyl (C=O) groups is 2. The molecule has 2 aromatic carbocycles. The number of amides is 1. The van der Waals surface area contributed by atoms with E-state index in [1.165, 1.54) is 49.4 Å².